The van der Waals surface area contributed by atoms with E-state index < -0.39 is 0 Å². The number of nitrogens with one attached hydrogen (secondary N) is 2. The van der Waals surface area contributed by atoms with E-state index >= 15 is 0 Å². The highest BCUT2D eigenvalue weighted by molar-refractivity contribution is 5.80. The summed E-state index contributed by atoms with van der Waals surface area (Å²) in [4.78, 5) is 8.74. The van der Waals surface area contributed by atoms with Crippen molar-refractivity contribution >= 4 is 17.0 Å². The first-order valence-corrected chi connectivity index (χ1v) is 6.36. The minimum absolute atomic E-state index is 0.122. The number of aromatic amines is 1. The average Bonchev–Trinajstić information content (AvgIpc) is 2.84. The molecular formula is C12H19N5O. The van der Waals surface area contributed by atoms with E-state index in [-0.39, 0.29) is 6.10 Å². The highest BCUT2D eigenvalue weighted by Gasteiger charge is 2.12. The van der Waals surface area contributed by atoms with Crippen LogP contribution in [-0.2, 0) is 0 Å². The predicted octanol–water partition coefficient (Wildman–Crippen LogP) is 2.35. The molecular weight excluding hydrogens is 230 g/mol. The maximum Gasteiger partial charge on any atom is 0.229 e. The standard InChI is InChI=1S/C12H19N5O/c1-4-6-13-12-15-10-9(7-14-17-10)11(16-12)18-8(3)5-2/h7-8H,4-6H2,1-3H3,(H2,13,14,15,16,17). The Morgan fingerprint density at radius 1 is 1.39 bits per heavy atom. The van der Waals surface area contributed by atoms with Gasteiger partial charge in [-0.1, -0.05) is 13.8 Å². The van der Waals surface area contributed by atoms with E-state index in [1.54, 1.807) is 6.20 Å². The summed E-state index contributed by atoms with van der Waals surface area (Å²) >= 11 is 0. The second-order valence-electron chi connectivity index (χ2n) is 4.25. The van der Waals surface area contributed by atoms with Gasteiger partial charge in [0.1, 0.15) is 5.39 Å². The first kappa shape index (κ1) is 12.6. The Morgan fingerprint density at radius 2 is 2.22 bits per heavy atom. The molecule has 2 heterocycles. The van der Waals surface area contributed by atoms with Crippen LogP contribution in [0.3, 0.4) is 0 Å². The second-order valence-corrected chi connectivity index (χ2v) is 4.25. The molecule has 0 aromatic carbocycles. The number of hydrogen-bond donors (Lipinski definition) is 2. The molecule has 18 heavy (non-hydrogen) atoms. The molecule has 0 aliphatic rings. The van der Waals surface area contributed by atoms with Crippen molar-refractivity contribution in [3.63, 3.8) is 0 Å². The third-order valence-corrected chi connectivity index (χ3v) is 2.70. The quantitative estimate of drug-likeness (QED) is 0.821. The monoisotopic (exact) mass is 249 g/mol. The van der Waals surface area contributed by atoms with Crippen molar-refractivity contribution in [2.24, 2.45) is 0 Å². The Kier molecular flexibility index (Phi) is 3.96. The lowest BCUT2D eigenvalue weighted by Crippen LogP contribution is -2.12. The Morgan fingerprint density at radius 3 is 2.94 bits per heavy atom. The zero-order chi connectivity index (χ0) is 13.0. The molecule has 0 bridgehead atoms. The normalized spacial score (nSPS) is 12.6. The van der Waals surface area contributed by atoms with Gasteiger partial charge < -0.3 is 10.1 Å². The number of nitrogens with zero attached hydrogens (tertiary/aromatic N) is 3. The smallest absolute Gasteiger partial charge is 0.229 e. The van der Waals surface area contributed by atoms with E-state index in [0.29, 0.717) is 17.5 Å². The topological polar surface area (TPSA) is 75.7 Å². The number of hydrogen-bond acceptors (Lipinski definition) is 5. The Balaban J connectivity index is 2.32. The van der Waals surface area contributed by atoms with Gasteiger partial charge >= 0.3 is 0 Å². The minimum Gasteiger partial charge on any atom is -0.474 e. The Bertz CT molecular complexity index is 510. The number of anilines is 1. The maximum atomic E-state index is 5.80. The van der Waals surface area contributed by atoms with Gasteiger partial charge in [-0.15, -0.1) is 0 Å². The highest BCUT2D eigenvalue weighted by atomic mass is 16.5. The van der Waals surface area contributed by atoms with Gasteiger partial charge in [0.05, 0.1) is 12.3 Å². The van der Waals surface area contributed by atoms with Crippen LogP contribution in [-0.4, -0.2) is 32.8 Å². The van der Waals surface area contributed by atoms with Crippen LogP contribution < -0.4 is 10.1 Å². The molecule has 0 saturated heterocycles. The maximum absolute atomic E-state index is 5.80. The first-order chi connectivity index (χ1) is 8.74. The SMILES string of the molecule is CCCNc1nc(OC(C)CC)c2cn[nH]c2n1. The molecule has 0 fully saturated rings. The molecule has 0 aliphatic heterocycles. The minimum atomic E-state index is 0.122. The third-order valence-electron chi connectivity index (χ3n) is 2.70. The lowest BCUT2D eigenvalue weighted by Gasteiger charge is -2.13. The Labute approximate surface area is 106 Å². The van der Waals surface area contributed by atoms with Crippen LogP contribution in [0.25, 0.3) is 11.0 Å². The van der Waals surface area contributed by atoms with E-state index in [0.717, 1.165) is 24.8 Å². The molecule has 0 amide bonds. The van der Waals surface area contributed by atoms with Gasteiger partial charge in [-0.2, -0.15) is 15.1 Å². The summed E-state index contributed by atoms with van der Waals surface area (Å²) in [5, 5.41) is 10.8. The summed E-state index contributed by atoms with van der Waals surface area (Å²) in [6.07, 6.45) is 3.76. The molecule has 2 N–H and O–H groups in total. The number of H-pyrrole nitrogens is 1. The highest BCUT2D eigenvalue weighted by Crippen LogP contribution is 2.23. The van der Waals surface area contributed by atoms with Crippen molar-refractivity contribution in [3.05, 3.63) is 6.20 Å². The van der Waals surface area contributed by atoms with Crippen LogP contribution in [0.1, 0.15) is 33.6 Å². The van der Waals surface area contributed by atoms with Crippen LogP contribution in [0.2, 0.25) is 0 Å². The molecule has 1 unspecified atom stereocenters. The van der Waals surface area contributed by atoms with Crippen molar-refractivity contribution in [1.82, 2.24) is 20.2 Å². The van der Waals surface area contributed by atoms with Crippen LogP contribution in [0.5, 0.6) is 5.88 Å². The summed E-state index contributed by atoms with van der Waals surface area (Å²) in [6.45, 7) is 7.03. The lowest BCUT2D eigenvalue weighted by molar-refractivity contribution is 0.212. The zero-order valence-corrected chi connectivity index (χ0v) is 11.0. The van der Waals surface area contributed by atoms with Gasteiger partial charge in [-0.25, -0.2) is 0 Å². The molecule has 0 aliphatic carbocycles. The van der Waals surface area contributed by atoms with Gasteiger partial charge in [0.25, 0.3) is 0 Å². The molecule has 0 saturated carbocycles. The first-order valence-electron chi connectivity index (χ1n) is 6.36. The van der Waals surface area contributed by atoms with E-state index in [9.17, 15) is 0 Å². The Hall–Kier alpha value is -1.85. The van der Waals surface area contributed by atoms with Gasteiger partial charge in [-0.3, -0.25) is 5.10 Å². The van der Waals surface area contributed by atoms with Crippen LogP contribution >= 0.6 is 0 Å². The molecule has 0 spiro atoms. The summed E-state index contributed by atoms with van der Waals surface area (Å²) in [5.74, 6) is 1.16. The predicted molar refractivity (Wildman–Crippen MR) is 70.8 cm³/mol. The van der Waals surface area contributed by atoms with Crippen molar-refractivity contribution in [1.29, 1.82) is 0 Å². The van der Waals surface area contributed by atoms with E-state index in [2.05, 4.69) is 39.3 Å². The van der Waals surface area contributed by atoms with Crippen molar-refractivity contribution in [3.8, 4) is 5.88 Å². The summed E-state index contributed by atoms with van der Waals surface area (Å²) in [6, 6.07) is 0. The van der Waals surface area contributed by atoms with E-state index in [1.165, 1.54) is 0 Å². The van der Waals surface area contributed by atoms with Crippen LogP contribution in [0.15, 0.2) is 6.20 Å². The van der Waals surface area contributed by atoms with Crippen molar-refractivity contribution in [2.45, 2.75) is 39.7 Å². The zero-order valence-electron chi connectivity index (χ0n) is 11.0. The van der Waals surface area contributed by atoms with Crippen molar-refractivity contribution < 1.29 is 4.74 Å². The number of aromatic nitrogens is 4. The number of rotatable bonds is 6. The van der Waals surface area contributed by atoms with E-state index in [1.807, 2.05) is 6.92 Å². The van der Waals surface area contributed by atoms with Crippen LogP contribution in [0, 0.1) is 0 Å². The molecule has 6 heteroatoms. The van der Waals surface area contributed by atoms with Gasteiger partial charge in [0.2, 0.25) is 11.8 Å². The fourth-order valence-corrected chi connectivity index (χ4v) is 1.49. The largest absolute Gasteiger partial charge is 0.474 e. The molecule has 0 radical (unpaired) electrons. The summed E-state index contributed by atoms with van der Waals surface area (Å²) < 4.78 is 5.80. The molecule has 98 valence electrons. The fraction of sp³-hybridized carbons (Fsp3) is 0.583. The van der Waals surface area contributed by atoms with Crippen molar-refractivity contribution in [2.75, 3.05) is 11.9 Å². The molecule has 6 nitrogen and oxygen atoms in total. The molecule has 1 atom stereocenters. The van der Waals surface area contributed by atoms with Gasteiger partial charge in [0.15, 0.2) is 5.65 Å². The van der Waals surface area contributed by atoms with E-state index in [4.69, 9.17) is 4.74 Å². The number of fused-ring (bicyclic) bond motifs is 1. The second kappa shape index (κ2) is 5.66. The molecule has 2 aromatic rings. The van der Waals surface area contributed by atoms with Gasteiger partial charge in [-0.05, 0) is 19.8 Å². The van der Waals surface area contributed by atoms with Crippen LogP contribution in [0.4, 0.5) is 5.95 Å². The molecule has 2 aromatic heterocycles. The average molecular weight is 249 g/mol. The van der Waals surface area contributed by atoms with Gasteiger partial charge in [0, 0.05) is 6.54 Å². The summed E-state index contributed by atoms with van der Waals surface area (Å²) in [5.41, 5.74) is 0.696. The fourth-order valence-electron chi connectivity index (χ4n) is 1.49. The lowest BCUT2D eigenvalue weighted by atomic mass is 10.3. The molecule has 2 rings (SSSR count). The summed E-state index contributed by atoms with van der Waals surface area (Å²) in [7, 11) is 0. The number of ether oxygens (including phenoxy) is 1. The third kappa shape index (κ3) is 2.69.